The van der Waals surface area contributed by atoms with E-state index in [0.29, 0.717) is 5.92 Å². The molecule has 0 fully saturated rings. The second-order valence-corrected chi connectivity index (χ2v) is 5.61. The molecule has 1 heterocycles. The number of hydrogen-bond acceptors (Lipinski definition) is 2. The summed E-state index contributed by atoms with van der Waals surface area (Å²) in [6.07, 6.45) is 0. The van der Waals surface area contributed by atoms with Crippen molar-refractivity contribution in [1.82, 2.24) is 9.55 Å². The molecule has 0 aliphatic rings. The van der Waals surface area contributed by atoms with E-state index >= 15 is 0 Å². The fraction of sp³-hybridized carbons (Fsp3) is 0.500. The Morgan fingerprint density at radius 2 is 1.94 bits per heavy atom. The first kappa shape index (κ1) is 12.1. The minimum atomic E-state index is -0.309. The van der Waals surface area contributed by atoms with Gasteiger partial charge in [-0.2, -0.15) is 0 Å². The van der Waals surface area contributed by atoms with Crippen molar-refractivity contribution >= 4 is 11.0 Å². The Morgan fingerprint density at radius 3 is 2.47 bits per heavy atom. The summed E-state index contributed by atoms with van der Waals surface area (Å²) in [5.41, 5.74) is 9.17. The lowest BCUT2D eigenvalue weighted by atomic mass is 9.95. The van der Waals surface area contributed by atoms with E-state index in [1.807, 2.05) is 13.8 Å². The molecule has 0 atom stereocenters. The maximum Gasteiger partial charge on any atom is 0.112 e. The smallest absolute Gasteiger partial charge is 0.112 e. The Morgan fingerprint density at radius 1 is 1.29 bits per heavy atom. The van der Waals surface area contributed by atoms with Crippen molar-refractivity contribution in [3.8, 4) is 0 Å². The molecule has 92 valence electrons. The number of nitrogens with zero attached hydrogens (tertiary/aromatic N) is 2. The number of aromatic nitrogens is 2. The summed E-state index contributed by atoms with van der Waals surface area (Å²) in [4.78, 5) is 4.66. The summed E-state index contributed by atoms with van der Waals surface area (Å²) in [5.74, 6) is 1.55. The molecular weight excluding hydrogens is 210 g/mol. The van der Waals surface area contributed by atoms with Crippen LogP contribution in [0.3, 0.4) is 0 Å². The molecular formula is C14H21N3. The third kappa shape index (κ3) is 2.07. The van der Waals surface area contributed by atoms with Gasteiger partial charge in [-0.15, -0.1) is 0 Å². The third-order valence-corrected chi connectivity index (χ3v) is 3.18. The van der Waals surface area contributed by atoms with Gasteiger partial charge in [0.05, 0.1) is 11.0 Å². The molecule has 0 aliphatic carbocycles. The van der Waals surface area contributed by atoms with Crippen LogP contribution in [0.1, 0.15) is 45.0 Å². The van der Waals surface area contributed by atoms with Gasteiger partial charge < -0.3 is 10.3 Å². The first-order valence-corrected chi connectivity index (χ1v) is 6.06. The van der Waals surface area contributed by atoms with Crippen molar-refractivity contribution in [3.63, 3.8) is 0 Å². The van der Waals surface area contributed by atoms with Crippen molar-refractivity contribution in [2.75, 3.05) is 0 Å². The van der Waals surface area contributed by atoms with Crippen molar-refractivity contribution in [3.05, 3.63) is 29.6 Å². The van der Waals surface area contributed by atoms with E-state index in [-0.39, 0.29) is 5.54 Å². The largest absolute Gasteiger partial charge is 0.331 e. The molecule has 0 aliphatic heterocycles. The number of rotatable bonds is 2. The first-order valence-electron chi connectivity index (χ1n) is 6.06. The quantitative estimate of drug-likeness (QED) is 0.863. The number of hydrogen-bond donors (Lipinski definition) is 1. The normalized spacial score (nSPS) is 12.6. The van der Waals surface area contributed by atoms with E-state index in [0.717, 1.165) is 22.4 Å². The molecule has 0 saturated carbocycles. The molecule has 0 spiro atoms. The van der Waals surface area contributed by atoms with Gasteiger partial charge >= 0.3 is 0 Å². The highest BCUT2D eigenvalue weighted by molar-refractivity contribution is 5.77. The predicted molar refractivity (Wildman–Crippen MR) is 72.0 cm³/mol. The summed E-state index contributed by atoms with van der Waals surface area (Å²) < 4.78 is 2.16. The van der Waals surface area contributed by atoms with Crippen LogP contribution in [-0.2, 0) is 12.6 Å². The molecule has 2 N–H and O–H groups in total. The van der Waals surface area contributed by atoms with Crippen LogP contribution in [-0.4, -0.2) is 9.55 Å². The van der Waals surface area contributed by atoms with Gasteiger partial charge in [-0.1, -0.05) is 19.9 Å². The fourth-order valence-electron chi connectivity index (χ4n) is 2.13. The Bertz CT molecular complexity index is 544. The van der Waals surface area contributed by atoms with Crippen LogP contribution < -0.4 is 5.73 Å². The van der Waals surface area contributed by atoms with Crippen LogP contribution in [0.25, 0.3) is 11.0 Å². The highest BCUT2D eigenvalue weighted by atomic mass is 15.1. The molecule has 0 unspecified atom stereocenters. The minimum absolute atomic E-state index is 0.309. The van der Waals surface area contributed by atoms with Crippen molar-refractivity contribution in [1.29, 1.82) is 0 Å². The van der Waals surface area contributed by atoms with Gasteiger partial charge in [0.15, 0.2) is 0 Å². The third-order valence-electron chi connectivity index (χ3n) is 3.18. The Labute approximate surface area is 103 Å². The zero-order chi connectivity index (χ0) is 12.8. The average molecular weight is 231 g/mol. The molecule has 2 aromatic rings. The lowest BCUT2D eigenvalue weighted by Crippen LogP contribution is -2.28. The molecule has 0 radical (unpaired) electrons. The maximum absolute atomic E-state index is 6.13. The van der Waals surface area contributed by atoms with E-state index in [1.165, 1.54) is 0 Å². The van der Waals surface area contributed by atoms with E-state index in [4.69, 9.17) is 5.73 Å². The lowest BCUT2D eigenvalue weighted by molar-refractivity contribution is 0.555. The van der Waals surface area contributed by atoms with E-state index in [9.17, 15) is 0 Å². The van der Waals surface area contributed by atoms with Gasteiger partial charge in [-0.25, -0.2) is 4.98 Å². The van der Waals surface area contributed by atoms with Crippen molar-refractivity contribution in [2.24, 2.45) is 12.8 Å². The maximum atomic E-state index is 6.13. The lowest BCUT2D eigenvalue weighted by Gasteiger charge is -2.19. The summed E-state index contributed by atoms with van der Waals surface area (Å²) >= 11 is 0. The van der Waals surface area contributed by atoms with Crippen molar-refractivity contribution < 1.29 is 0 Å². The predicted octanol–water partition coefficient (Wildman–Crippen LogP) is 2.89. The molecule has 17 heavy (non-hydrogen) atoms. The number of fused-ring (bicyclic) bond motifs is 1. The zero-order valence-electron chi connectivity index (χ0n) is 11.3. The number of nitrogens with two attached hydrogens (primary N) is 1. The fourth-order valence-corrected chi connectivity index (χ4v) is 2.13. The molecule has 1 aromatic carbocycles. The average Bonchev–Trinajstić information content (AvgIpc) is 2.54. The van der Waals surface area contributed by atoms with Crippen LogP contribution in [0.4, 0.5) is 0 Å². The summed E-state index contributed by atoms with van der Waals surface area (Å²) in [5, 5.41) is 0. The van der Waals surface area contributed by atoms with Gasteiger partial charge in [-0.3, -0.25) is 0 Å². The molecule has 2 rings (SSSR count). The Hall–Kier alpha value is -1.35. The molecule has 3 heteroatoms. The van der Waals surface area contributed by atoms with Gasteiger partial charge in [0.2, 0.25) is 0 Å². The van der Waals surface area contributed by atoms with Crippen molar-refractivity contribution in [2.45, 2.75) is 39.2 Å². The molecule has 0 bridgehead atoms. The number of benzene rings is 1. The van der Waals surface area contributed by atoms with Gasteiger partial charge in [0.25, 0.3) is 0 Å². The number of imidazole rings is 1. The molecule has 1 aromatic heterocycles. The van der Waals surface area contributed by atoms with Crippen LogP contribution in [0.15, 0.2) is 18.2 Å². The topological polar surface area (TPSA) is 43.8 Å². The standard InChI is InChI=1S/C14H21N3/c1-9(2)13-16-11-7-6-10(14(3,4)15)8-12(11)17(13)5/h6-9H,15H2,1-5H3. The Balaban J connectivity index is 2.66. The second kappa shape index (κ2) is 3.84. The van der Waals surface area contributed by atoms with E-state index in [2.05, 4.69) is 48.6 Å². The summed E-state index contributed by atoms with van der Waals surface area (Å²) in [6, 6.07) is 6.28. The zero-order valence-corrected chi connectivity index (χ0v) is 11.3. The summed E-state index contributed by atoms with van der Waals surface area (Å²) in [6.45, 7) is 8.37. The molecule has 0 amide bonds. The highest BCUT2D eigenvalue weighted by Crippen LogP contribution is 2.25. The second-order valence-electron chi connectivity index (χ2n) is 5.61. The molecule has 0 saturated heterocycles. The summed E-state index contributed by atoms with van der Waals surface area (Å²) in [7, 11) is 2.07. The highest BCUT2D eigenvalue weighted by Gasteiger charge is 2.17. The van der Waals surface area contributed by atoms with Gasteiger partial charge in [0, 0.05) is 18.5 Å². The number of aryl methyl sites for hydroxylation is 1. The molecule has 3 nitrogen and oxygen atoms in total. The Kier molecular flexibility index (Phi) is 2.74. The van der Waals surface area contributed by atoms with E-state index < -0.39 is 0 Å². The van der Waals surface area contributed by atoms with Crippen LogP contribution in [0.5, 0.6) is 0 Å². The van der Waals surface area contributed by atoms with Gasteiger partial charge in [0.1, 0.15) is 5.82 Å². The van der Waals surface area contributed by atoms with Gasteiger partial charge in [-0.05, 0) is 31.5 Å². The van der Waals surface area contributed by atoms with Crippen LogP contribution in [0.2, 0.25) is 0 Å². The van der Waals surface area contributed by atoms with E-state index in [1.54, 1.807) is 0 Å². The van der Waals surface area contributed by atoms with Crippen LogP contribution in [0, 0.1) is 0 Å². The SMILES string of the molecule is CC(C)c1nc2ccc(C(C)(C)N)cc2n1C. The first-order chi connectivity index (χ1) is 7.80. The monoisotopic (exact) mass is 231 g/mol. The van der Waals surface area contributed by atoms with Crippen LogP contribution >= 0.6 is 0 Å². The minimum Gasteiger partial charge on any atom is -0.331 e.